The summed E-state index contributed by atoms with van der Waals surface area (Å²) >= 11 is 0. The van der Waals surface area contributed by atoms with Crippen molar-refractivity contribution in [1.29, 1.82) is 0 Å². The second kappa shape index (κ2) is 12.2. The van der Waals surface area contributed by atoms with Gasteiger partial charge in [-0.25, -0.2) is 0 Å². The molecule has 1 aliphatic carbocycles. The van der Waals surface area contributed by atoms with Crippen molar-refractivity contribution >= 4 is 5.91 Å². The Balaban J connectivity index is 0.000000381. The summed E-state index contributed by atoms with van der Waals surface area (Å²) in [6.07, 6.45) is 11.0. The Morgan fingerprint density at radius 1 is 1.17 bits per heavy atom. The third kappa shape index (κ3) is 8.20. The number of piperidine rings is 1. The summed E-state index contributed by atoms with van der Waals surface area (Å²) in [4.78, 5) is 12.8. The van der Waals surface area contributed by atoms with E-state index >= 15 is 0 Å². The molecule has 0 saturated carbocycles. The van der Waals surface area contributed by atoms with Crippen LogP contribution in [0.3, 0.4) is 0 Å². The lowest BCUT2D eigenvalue weighted by Crippen LogP contribution is -2.36. The topological polar surface area (TPSA) is 20.3 Å². The van der Waals surface area contributed by atoms with Crippen molar-refractivity contribution in [1.82, 2.24) is 4.90 Å². The van der Waals surface area contributed by atoms with Gasteiger partial charge in [-0.15, -0.1) is 0 Å². The van der Waals surface area contributed by atoms with E-state index in [9.17, 15) is 4.79 Å². The highest BCUT2D eigenvalue weighted by atomic mass is 16.2. The molecule has 2 nitrogen and oxygen atoms in total. The molecule has 1 saturated heterocycles. The molecule has 2 rings (SSSR count). The van der Waals surface area contributed by atoms with Gasteiger partial charge in [-0.3, -0.25) is 4.79 Å². The summed E-state index contributed by atoms with van der Waals surface area (Å²) < 4.78 is 0. The molecular weight excluding hydrogens is 282 g/mol. The normalized spacial score (nSPS) is 21.5. The number of hydrogen-bond donors (Lipinski definition) is 0. The Labute approximate surface area is 144 Å². The van der Waals surface area contributed by atoms with E-state index in [0.717, 1.165) is 24.9 Å². The number of amides is 1. The molecule has 2 aliphatic rings. The Hall–Kier alpha value is -1.31. The maximum absolute atomic E-state index is 10.8. The minimum atomic E-state index is 0.229. The first-order valence-corrected chi connectivity index (χ1v) is 9.20. The quantitative estimate of drug-likeness (QED) is 0.592. The third-order valence-corrected chi connectivity index (χ3v) is 4.62. The van der Waals surface area contributed by atoms with Crippen molar-refractivity contribution in [2.24, 2.45) is 11.8 Å². The molecule has 1 heterocycles. The summed E-state index contributed by atoms with van der Waals surface area (Å²) in [7, 11) is 0. The van der Waals surface area contributed by atoms with Crippen LogP contribution in [0.25, 0.3) is 0 Å². The van der Waals surface area contributed by atoms with E-state index in [4.69, 9.17) is 0 Å². The summed E-state index contributed by atoms with van der Waals surface area (Å²) in [5, 5.41) is 0. The molecule has 1 unspecified atom stereocenters. The highest BCUT2D eigenvalue weighted by Gasteiger charge is 2.17. The van der Waals surface area contributed by atoms with Crippen molar-refractivity contribution < 1.29 is 4.79 Å². The number of allylic oxidation sites excluding steroid dienone is 5. The maximum Gasteiger partial charge on any atom is 0.219 e. The zero-order valence-electron chi connectivity index (χ0n) is 16.2. The molecule has 0 aromatic heterocycles. The van der Waals surface area contributed by atoms with Crippen LogP contribution in [0.2, 0.25) is 0 Å². The minimum Gasteiger partial charge on any atom is -0.343 e. The van der Waals surface area contributed by atoms with Gasteiger partial charge in [-0.1, -0.05) is 58.1 Å². The van der Waals surface area contributed by atoms with Crippen LogP contribution in [0, 0.1) is 11.8 Å². The number of rotatable bonds is 2. The van der Waals surface area contributed by atoms with Crippen LogP contribution in [-0.4, -0.2) is 23.9 Å². The molecule has 0 bridgehead atoms. The van der Waals surface area contributed by atoms with E-state index in [1.165, 1.54) is 31.3 Å². The Bertz CT molecular complexity index is 412. The van der Waals surface area contributed by atoms with Crippen LogP contribution in [0.4, 0.5) is 0 Å². The molecule has 1 aliphatic heterocycles. The van der Waals surface area contributed by atoms with Crippen LogP contribution < -0.4 is 0 Å². The average Bonchev–Trinajstić information content (AvgIpc) is 2.87. The maximum atomic E-state index is 10.8. The number of hydrogen-bond acceptors (Lipinski definition) is 1. The van der Waals surface area contributed by atoms with Crippen LogP contribution in [0.5, 0.6) is 0 Å². The van der Waals surface area contributed by atoms with Crippen LogP contribution in [-0.2, 0) is 4.79 Å². The molecule has 1 fully saturated rings. The molecule has 23 heavy (non-hydrogen) atoms. The SMILES string of the molecule is C=C/C=C\C1=C(C)CCC1C.CC.CC(=O)N1CCC(C)CC1. The molecule has 0 N–H and O–H groups in total. The molecule has 0 radical (unpaired) electrons. The summed E-state index contributed by atoms with van der Waals surface area (Å²) in [5.41, 5.74) is 3.07. The lowest BCUT2D eigenvalue weighted by Gasteiger charge is -2.29. The van der Waals surface area contributed by atoms with Crippen molar-refractivity contribution in [3.05, 3.63) is 36.0 Å². The molecule has 0 spiro atoms. The van der Waals surface area contributed by atoms with Gasteiger partial charge in [-0.2, -0.15) is 0 Å². The molecule has 2 heteroatoms. The number of nitrogens with zero attached hydrogens (tertiary/aromatic N) is 1. The predicted octanol–water partition coefficient (Wildman–Crippen LogP) is 5.77. The Morgan fingerprint density at radius 2 is 1.74 bits per heavy atom. The molecule has 0 aromatic rings. The molecule has 132 valence electrons. The van der Waals surface area contributed by atoms with Gasteiger partial charge in [0.05, 0.1) is 0 Å². The Morgan fingerprint density at radius 3 is 2.13 bits per heavy atom. The number of carbonyl (C=O) groups excluding carboxylic acids is 1. The highest BCUT2D eigenvalue weighted by molar-refractivity contribution is 5.73. The first-order chi connectivity index (χ1) is 11.0. The monoisotopic (exact) mass is 319 g/mol. The fourth-order valence-corrected chi connectivity index (χ4v) is 2.96. The number of carbonyl (C=O) groups is 1. The van der Waals surface area contributed by atoms with E-state index in [-0.39, 0.29) is 5.91 Å². The molecule has 1 atom stereocenters. The van der Waals surface area contributed by atoms with Gasteiger partial charge < -0.3 is 4.90 Å². The first kappa shape index (κ1) is 21.7. The van der Waals surface area contributed by atoms with Crippen LogP contribution in [0.1, 0.15) is 67.2 Å². The van der Waals surface area contributed by atoms with E-state index in [1.54, 1.807) is 12.5 Å². The predicted molar refractivity (Wildman–Crippen MR) is 102 cm³/mol. The third-order valence-electron chi connectivity index (χ3n) is 4.62. The van der Waals surface area contributed by atoms with Gasteiger partial charge >= 0.3 is 0 Å². The van der Waals surface area contributed by atoms with Crippen molar-refractivity contribution in [2.45, 2.75) is 67.2 Å². The summed E-state index contributed by atoms with van der Waals surface area (Å²) in [6, 6.07) is 0. The van der Waals surface area contributed by atoms with Gasteiger partial charge in [0.15, 0.2) is 0 Å². The lowest BCUT2D eigenvalue weighted by atomic mass is 9.99. The van der Waals surface area contributed by atoms with Crippen molar-refractivity contribution in [2.75, 3.05) is 13.1 Å². The van der Waals surface area contributed by atoms with Gasteiger partial charge in [0.1, 0.15) is 0 Å². The zero-order valence-corrected chi connectivity index (χ0v) is 16.2. The molecule has 0 aromatic carbocycles. The van der Waals surface area contributed by atoms with Gasteiger partial charge in [0, 0.05) is 20.0 Å². The standard InChI is InChI=1S/C11H16.C8H15NO.C2H6/c1-4-5-6-11-9(2)7-8-10(11)3;1-7-3-5-9(6-4-7)8(2)10;1-2/h4-6,9H,1,7-8H2,2-3H3;7H,3-6H2,1-2H3;1-2H3/b6-5-;;. The van der Waals surface area contributed by atoms with E-state index < -0.39 is 0 Å². The van der Waals surface area contributed by atoms with Crippen molar-refractivity contribution in [3.8, 4) is 0 Å². The van der Waals surface area contributed by atoms with Crippen LogP contribution in [0.15, 0.2) is 36.0 Å². The number of likely N-dealkylation sites (tertiary alicyclic amines) is 1. The summed E-state index contributed by atoms with van der Waals surface area (Å²) in [5.74, 6) is 1.80. The molecular formula is C21H37NO. The van der Waals surface area contributed by atoms with E-state index in [1.807, 2.05) is 30.9 Å². The average molecular weight is 320 g/mol. The molecule has 1 amide bonds. The van der Waals surface area contributed by atoms with Gasteiger partial charge in [0.2, 0.25) is 5.91 Å². The fourth-order valence-electron chi connectivity index (χ4n) is 2.96. The Kier molecular flexibility index (Phi) is 11.5. The lowest BCUT2D eigenvalue weighted by molar-refractivity contribution is -0.130. The van der Waals surface area contributed by atoms with Crippen molar-refractivity contribution in [3.63, 3.8) is 0 Å². The second-order valence-electron chi connectivity index (χ2n) is 6.46. The first-order valence-electron chi connectivity index (χ1n) is 9.20. The fraction of sp³-hybridized carbons (Fsp3) is 0.667. The second-order valence-corrected chi connectivity index (χ2v) is 6.46. The van der Waals surface area contributed by atoms with E-state index in [2.05, 4.69) is 33.4 Å². The largest absolute Gasteiger partial charge is 0.343 e. The highest BCUT2D eigenvalue weighted by Crippen LogP contribution is 2.31. The van der Waals surface area contributed by atoms with Gasteiger partial charge in [-0.05, 0) is 50.0 Å². The van der Waals surface area contributed by atoms with Gasteiger partial charge in [0.25, 0.3) is 0 Å². The van der Waals surface area contributed by atoms with Crippen LogP contribution >= 0.6 is 0 Å². The minimum absolute atomic E-state index is 0.229. The van der Waals surface area contributed by atoms with E-state index in [0.29, 0.717) is 0 Å². The zero-order chi connectivity index (χ0) is 17.8. The summed E-state index contributed by atoms with van der Waals surface area (Å²) in [6.45, 7) is 18.0. The smallest absolute Gasteiger partial charge is 0.219 e.